The van der Waals surface area contributed by atoms with Crippen molar-refractivity contribution in [2.75, 3.05) is 31.1 Å². The summed E-state index contributed by atoms with van der Waals surface area (Å²) in [5.74, 6) is 0.0790. The van der Waals surface area contributed by atoms with E-state index >= 15 is 0 Å². The molecule has 5 rings (SSSR count). The van der Waals surface area contributed by atoms with E-state index < -0.39 is 0 Å². The zero-order valence-corrected chi connectivity index (χ0v) is 23.9. The largest absolute Gasteiger partial charge is 0.355 e. The number of nitrogens with zero attached hydrogens (tertiary/aromatic N) is 5. The Hall–Kier alpha value is -3.78. The molecule has 3 aromatic rings. The lowest BCUT2D eigenvalue weighted by atomic mass is 10.0. The second-order valence-electron chi connectivity index (χ2n) is 9.86. The Labute approximate surface area is 242 Å². The van der Waals surface area contributed by atoms with E-state index in [0.29, 0.717) is 39.3 Å². The lowest BCUT2D eigenvalue weighted by Crippen LogP contribution is -2.48. The summed E-state index contributed by atoms with van der Waals surface area (Å²) in [5.41, 5.74) is 2.91. The van der Waals surface area contributed by atoms with Crippen LogP contribution < -0.4 is 10.5 Å². The van der Waals surface area contributed by atoms with E-state index in [0.717, 1.165) is 25.2 Å². The number of carbonyl (C=O) groups is 1. The topological polar surface area (TPSA) is 72.6 Å². The summed E-state index contributed by atoms with van der Waals surface area (Å²) >= 11 is 6.70. The molecule has 204 valence electrons. The minimum absolute atomic E-state index is 0.0574. The van der Waals surface area contributed by atoms with Crippen LogP contribution in [-0.4, -0.2) is 50.8 Å². The lowest BCUT2D eigenvalue weighted by Gasteiger charge is -2.37. The van der Waals surface area contributed by atoms with Gasteiger partial charge < -0.3 is 4.90 Å². The predicted molar refractivity (Wildman–Crippen MR) is 160 cm³/mol. The average Bonchev–Trinajstić information content (AvgIpc) is 3.22. The number of hydrogen-bond acceptors (Lipinski definition) is 7. The van der Waals surface area contributed by atoms with Crippen molar-refractivity contribution < 1.29 is 9.18 Å². The van der Waals surface area contributed by atoms with Gasteiger partial charge >= 0.3 is 0 Å². The van der Waals surface area contributed by atoms with E-state index in [1.807, 2.05) is 18.2 Å². The fraction of sp³-hybridized carbons (Fsp3) is 0.267. The molecule has 1 amide bonds. The quantitative estimate of drug-likeness (QED) is 0.319. The highest BCUT2D eigenvalue weighted by molar-refractivity contribution is 8.26. The Kier molecular flexibility index (Phi) is 8.17. The van der Waals surface area contributed by atoms with Crippen LogP contribution in [0.5, 0.6) is 0 Å². The zero-order chi connectivity index (χ0) is 28.4. The molecule has 40 heavy (non-hydrogen) atoms. The summed E-state index contributed by atoms with van der Waals surface area (Å²) in [6.07, 6.45) is 1.76. The summed E-state index contributed by atoms with van der Waals surface area (Å²) in [6.45, 7) is 5.83. The summed E-state index contributed by atoms with van der Waals surface area (Å²) in [7, 11) is 1.67. The van der Waals surface area contributed by atoms with Crippen LogP contribution in [0, 0.1) is 24.1 Å². The molecule has 0 unspecified atom stereocenters. The maximum atomic E-state index is 13.4. The Balaban J connectivity index is 1.45. The van der Waals surface area contributed by atoms with Crippen LogP contribution in [0.3, 0.4) is 0 Å². The summed E-state index contributed by atoms with van der Waals surface area (Å²) in [6, 6.07) is 18.3. The van der Waals surface area contributed by atoms with Gasteiger partial charge in [0.25, 0.3) is 11.5 Å². The normalized spacial score (nSPS) is 17.1. The Morgan fingerprint density at radius 2 is 1.65 bits per heavy atom. The van der Waals surface area contributed by atoms with Crippen LogP contribution in [0.15, 0.2) is 64.3 Å². The molecule has 7 nitrogen and oxygen atoms in total. The molecule has 2 aliphatic heterocycles. The molecule has 0 saturated carbocycles. The van der Waals surface area contributed by atoms with Crippen molar-refractivity contribution in [2.24, 2.45) is 7.05 Å². The minimum Gasteiger partial charge on any atom is -0.355 e. The highest BCUT2D eigenvalue weighted by Gasteiger charge is 2.33. The molecule has 0 radical (unpaired) electrons. The van der Waals surface area contributed by atoms with E-state index in [1.54, 1.807) is 32.2 Å². The number of thioether (sulfide) groups is 1. The third-order valence-electron chi connectivity index (χ3n) is 7.29. The first kappa shape index (κ1) is 27.8. The summed E-state index contributed by atoms with van der Waals surface area (Å²) in [4.78, 5) is 33.0. The predicted octanol–water partition coefficient (Wildman–Crippen LogP) is 4.43. The maximum Gasteiger partial charge on any atom is 0.270 e. The Bertz CT molecular complexity index is 1590. The van der Waals surface area contributed by atoms with Gasteiger partial charge in [-0.25, -0.2) is 4.39 Å². The number of halogens is 1. The van der Waals surface area contributed by atoms with Crippen molar-refractivity contribution in [2.45, 2.75) is 20.0 Å². The number of thiocarbonyl (C=S) groups is 1. The van der Waals surface area contributed by atoms with E-state index in [1.165, 1.54) is 38.9 Å². The first-order chi connectivity index (χ1) is 19.3. The molecule has 2 aliphatic rings. The smallest absolute Gasteiger partial charge is 0.270 e. The van der Waals surface area contributed by atoms with E-state index in [9.17, 15) is 19.2 Å². The second-order valence-corrected chi connectivity index (χ2v) is 11.5. The molecule has 1 aromatic heterocycles. The van der Waals surface area contributed by atoms with Gasteiger partial charge in [-0.05, 0) is 41.8 Å². The number of pyridine rings is 1. The van der Waals surface area contributed by atoms with Crippen molar-refractivity contribution in [3.63, 3.8) is 0 Å². The Morgan fingerprint density at radius 3 is 2.30 bits per heavy atom. The monoisotopic (exact) mass is 573 g/mol. The van der Waals surface area contributed by atoms with Crippen molar-refractivity contribution in [3.05, 3.63) is 103 Å². The van der Waals surface area contributed by atoms with Gasteiger partial charge in [-0.2, -0.15) is 5.26 Å². The van der Waals surface area contributed by atoms with E-state index in [2.05, 4.69) is 28.0 Å². The molecule has 0 N–H and O–H groups in total. The van der Waals surface area contributed by atoms with Gasteiger partial charge in [-0.3, -0.25) is 24.0 Å². The molecule has 3 heterocycles. The van der Waals surface area contributed by atoms with Crippen molar-refractivity contribution in [1.82, 2.24) is 14.4 Å². The zero-order valence-electron chi connectivity index (χ0n) is 22.3. The molecular weight excluding hydrogens is 545 g/mol. The first-order valence-electron chi connectivity index (χ1n) is 12.9. The molecule has 0 spiro atoms. The number of benzene rings is 2. The van der Waals surface area contributed by atoms with Gasteiger partial charge in [0.2, 0.25) is 0 Å². The highest BCUT2D eigenvalue weighted by atomic mass is 32.2. The van der Waals surface area contributed by atoms with E-state index in [4.69, 9.17) is 12.2 Å². The van der Waals surface area contributed by atoms with Gasteiger partial charge in [-0.1, -0.05) is 66.4 Å². The van der Waals surface area contributed by atoms with Gasteiger partial charge in [0, 0.05) is 45.3 Å². The van der Waals surface area contributed by atoms with E-state index in [-0.39, 0.29) is 29.4 Å². The van der Waals surface area contributed by atoms with Gasteiger partial charge in [0.15, 0.2) is 0 Å². The van der Waals surface area contributed by atoms with Crippen molar-refractivity contribution >= 4 is 46.1 Å². The average molecular weight is 574 g/mol. The highest BCUT2D eigenvalue weighted by Crippen LogP contribution is 2.36. The fourth-order valence-corrected chi connectivity index (χ4v) is 6.33. The van der Waals surface area contributed by atoms with Crippen LogP contribution in [0.1, 0.15) is 27.8 Å². The fourth-order valence-electron chi connectivity index (χ4n) is 5.09. The number of aromatic nitrogens is 1. The molecule has 0 atom stereocenters. The SMILES string of the molecule is Cc1c(/C=C2\SC(=S)N(Cc3ccc(F)cc3)C2=O)c(N2CCN(Cc3ccccc3)CC2)n(C)c(=O)c1C#N. The van der Waals surface area contributed by atoms with Gasteiger partial charge in [-0.15, -0.1) is 0 Å². The number of anilines is 1. The molecule has 0 aliphatic carbocycles. The van der Waals surface area contributed by atoms with Gasteiger partial charge in [0.05, 0.1) is 11.4 Å². The molecule has 0 bridgehead atoms. The summed E-state index contributed by atoms with van der Waals surface area (Å²) in [5, 5.41) is 9.77. The minimum atomic E-state index is -0.359. The number of hydrogen-bond donors (Lipinski definition) is 0. The Morgan fingerprint density at radius 1 is 1.00 bits per heavy atom. The van der Waals surface area contributed by atoms with Crippen LogP contribution in [0.2, 0.25) is 0 Å². The van der Waals surface area contributed by atoms with Crippen LogP contribution in [0.25, 0.3) is 6.08 Å². The third-order valence-corrected chi connectivity index (χ3v) is 8.67. The van der Waals surface area contributed by atoms with Crippen LogP contribution in [-0.2, 0) is 24.9 Å². The molecule has 2 saturated heterocycles. The molecule has 2 aromatic carbocycles. The van der Waals surface area contributed by atoms with Crippen LogP contribution in [0.4, 0.5) is 10.2 Å². The van der Waals surface area contributed by atoms with Crippen molar-refractivity contribution in [3.8, 4) is 6.07 Å². The number of piperazine rings is 1. The molecular formula is C30H28FN5O2S2. The van der Waals surface area contributed by atoms with Gasteiger partial charge in [0.1, 0.15) is 27.6 Å². The number of amides is 1. The molecule has 10 heteroatoms. The number of rotatable bonds is 6. The van der Waals surface area contributed by atoms with Crippen LogP contribution >= 0.6 is 24.0 Å². The second kappa shape index (κ2) is 11.8. The summed E-state index contributed by atoms with van der Waals surface area (Å²) < 4.78 is 15.3. The van der Waals surface area contributed by atoms with Crippen molar-refractivity contribution in [1.29, 1.82) is 5.26 Å². The maximum absolute atomic E-state index is 13.4. The standard InChI is InChI=1S/C30H28FN5O2S2/c1-20-24(16-26-29(38)36(30(39)40-26)19-22-8-10-23(31)11-9-22)27(33(2)28(37)25(20)17-32)35-14-12-34(13-15-35)18-21-6-4-3-5-7-21/h3-11,16H,12-15,18-19H2,1-2H3/b26-16-. The molecule has 2 fully saturated rings. The first-order valence-corrected chi connectivity index (χ1v) is 14.1. The number of carbonyl (C=O) groups excluding carboxylic acids is 1. The lowest BCUT2D eigenvalue weighted by molar-refractivity contribution is -0.122. The number of nitriles is 1. The third kappa shape index (κ3) is 5.59.